The fraction of sp³-hybridized carbons (Fsp3) is 0.318. The monoisotopic (exact) mass is 395 g/mol. The SMILES string of the molecule is Cc1cc(C)c(NC(=O)CNC(=O)CN2C(=O)C(C)Oc3ccccc32)c(C)c1. The van der Waals surface area contributed by atoms with Gasteiger partial charge in [0.15, 0.2) is 6.10 Å². The van der Waals surface area contributed by atoms with Gasteiger partial charge in [0.25, 0.3) is 5.91 Å². The number of nitrogens with one attached hydrogen (secondary N) is 2. The van der Waals surface area contributed by atoms with E-state index in [4.69, 9.17) is 4.74 Å². The summed E-state index contributed by atoms with van der Waals surface area (Å²) < 4.78 is 5.56. The molecule has 29 heavy (non-hydrogen) atoms. The molecule has 1 unspecified atom stereocenters. The van der Waals surface area contributed by atoms with Crippen molar-refractivity contribution in [2.45, 2.75) is 33.8 Å². The largest absolute Gasteiger partial charge is 0.479 e. The number of fused-ring (bicyclic) bond motifs is 1. The van der Waals surface area contributed by atoms with Gasteiger partial charge in [-0.15, -0.1) is 0 Å². The van der Waals surface area contributed by atoms with Gasteiger partial charge in [-0.3, -0.25) is 19.3 Å². The van der Waals surface area contributed by atoms with Crippen LogP contribution < -0.4 is 20.3 Å². The van der Waals surface area contributed by atoms with Gasteiger partial charge in [0.05, 0.1) is 12.2 Å². The van der Waals surface area contributed by atoms with Crippen molar-refractivity contribution in [3.05, 3.63) is 53.1 Å². The van der Waals surface area contributed by atoms with Crippen LogP contribution in [0.15, 0.2) is 36.4 Å². The second kappa shape index (κ2) is 8.34. The van der Waals surface area contributed by atoms with Gasteiger partial charge in [0, 0.05) is 5.69 Å². The van der Waals surface area contributed by atoms with Crippen molar-refractivity contribution >= 4 is 29.1 Å². The number of amides is 3. The average Bonchev–Trinajstić information content (AvgIpc) is 2.66. The molecule has 2 aromatic carbocycles. The first-order valence-electron chi connectivity index (χ1n) is 9.47. The molecular weight excluding hydrogens is 370 g/mol. The molecule has 0 saturated heterocycles. The highest BCUT2D eigenvalue weighted by molar-refractivity contribution is 6.04. The van der Waals surface area contributed by atoms with Crippen LogP contribution in [0.25, 0.3) is 0 Å². The quantitative estimate of drug-likeness (QED) is 0.814. The van der Waals surface area contributed by atoms with Crippen molar-refractivity contribution in [2.24, 2.45) is 0 Å². The molecule has 0 saturated carbocycles. The molecule has 0 aliphatic carbocycles. The number of para-hydroxylation sites is 2. The van der Waals surface area contributed by atoms with Crippen LogP contribution in [0, 0.1) is 20.8 Å². The maximum Gasteiger partial charge on any atom is 0.268 e. The Morgan fingerprint density at radius 3 is 2.41 bits per heavy atom. The number of benzene rings is 2. The summed E-state index contributed by atoms with van der Waals surface area (Å²) in [7, 11) is 0. The van der Waals surface area contributed by atoms with E-state index in [0.29, 0.717) is 11.4 Å². The average molecular weight is 395 g/mol. The Morgan fingerprint density at radius 1 is 1.07 bits per heavy atom. The van der Waals surface area contributed by atoms with Crippen LogP contribution in [0.2, 0.25) is 0 Å². The smallest absolute Gasteiger partial charge is 0.268 e. The van der Waals surface area contributed by atoms with E-state index in [1.165, 1.54) is 4.90 Å². The molecule has 0 bridgehead atoms. The highest BCUT2D eigenvalue weighted by atomic mass is 16.5. The van der Waals surface area contributed by atoms with E-state index in [1.807, 2.05) is 32.9 Å². The zero-order valence-corrected chi connectivity index (χ0v) is 17.0. The lowest BCUT2D eigenvalue weighted by Crippen LogP contribution is -2.49. The van der Waals surface area contributed by atoms with E-state index in [2.05, 4.69) is 10.6 Å². The molecule has 0 aromatic heterocycles. The number of aryl methyl sites for hydroxylation is 3. The Bertz CT molecular complexity index is 947. The number of nitrogens with zero attached hydrogens (tertiary/aromatic N) is 1. The molecular formula is C22H25N3O4. The van der Waals surface area contributed by atoms with Crippen LogP contribution in [0.5, 0.6) is 5.75 Å². The number of carbonyl (C=O) groups is 3. The molecule has 3 rings (SSSR count). The maximum absolute atomic E-state index is 12.4. The summed E-state index contributed by atoms with van der Waals surface area (Å²) in [5, 5.41) is 5.42. The third-order valence-corrected chi connectivity index (χ3v) is 4.76. The highest BCUT2D eigenvalue weighted by Gasteiger charge is 2.32. The minimum absolute atomic E-state index is 0.179. The van der Waals surface area contributed by atoms with E-state index in [9.17, 15) is 14.4 Å². The lowest BCUT2D eigenvalue weighted by molar-refractivity contribution is -0.128. The number of hydrogen-bond acceptors (Lipinski definition) is 4. The van der Waals surface area contributed by atoms with Gasteiger partial charge in [0.1, 0.15) is 12.3 Å². The molecule has 2 N–H and O–H groups in total. The zero-order chi connectivity index (χ0) is 21.1. The standard InChI is InChI=1S/C22H25N3O4/c1-13-9-14(2)21(15(3)10-13)24-19(26)11-23-20(27)12-25-17-7-5-6-8-18(17)29-16(4)22(25)28/h5-10,16H,11-12H2,1-4H3,(H,23,27)(H,24,26). The Kier molecular flexibility index (Phi) is 5.87. The van der Waals surface area contributed by atoms with E-state index < -0.39 is 12.0 Å². The first-order valence-corrected chi connectivity index (χ1v) is 9.47. The van der Waals surface area contributed by atoms with Gasteiger partial charge in [-0.25, -0.2) is 0 Å². The minimum Gasteiger partial charge on any atom is -0.479 e. The van der Waals surface area contributed by atoms with Crippen molar-refractivity contribution in [2.75, 3.05) is 23.3 Å². The van der Waals surface area contributed by atoms with Crippen molar-refractivity contribution in [1.82, 2.24) is 5.32 Å². The van der Waals surface area contributed by atoms with Crippen LogP contribution in [0.3, 0.4) is 0 Å². The van der Waals surface area contributed by atoms with Gasteiger partial charge in [-0.1, -0.05) is 29.8 Å². The van der Waals surface area contributed by atoms with Crippen molar-refractivity contribution < 1.29 is 19.1 Å². The fourth-order valence-corrected chi connectivity index (χ4v) is 3.46. The summed E-state index contributed by atoms with van der Waals surface area (Å²) in [5.41, 5.74) is 4.34. The highest BCUT2D eigenvalue weighted by Crippen LogP contribution is 2.33. The molecule has 0 spiro atoms. The summed E-state index contributed by atoms with van der Waals surface area (Å²) in [5.74, 6) is -0.491. The van der Waals surface area contributed by atoms with Crippen LogP contribution in [-0.2, 0) is 14.4 Å². The van der Waals surface area contributed by atoms with Gasteiger partial charge in [-0.2, -0.15) is 0 Å². The topological polar surface area (TPSA) is 87.7 Å². The van der Waals surface area contributed by atoms with E-state index in [0.717, 1.165) is 22.4 Å². The van der Waals surface area contributed by atoms with Gasteiger partial charge >= 0.3 is 0 Å². The Hall–Kier alpha value is -3.35. The van der Waals surface area contributed by atoms with Crippen LogP contribution in [0.1, 0.15) is 23.6 Å². The molecule has 7 heteroatoms. The predicted octanol–water partition coefficient (Wildman–Crippen LogP) is 2.48. The maximum atomic E-state index is 12.4. The number of anilines is 2. The van der Waals surface area contributed by atoms with Crippen LogP contribution in [0.4, 0.5) is 11.4 Å². The van der Waals surface area contributed by atoms with Crippen molar-refractivity contribution in [1.29, 1.82) is 0 Å². The van der Waals surface area contributed by atoms with Crippen LogP contribution in [-0.4, -0.2) is 36.9 Å². The molecule has 1 heterocycles. The molecule has 7 nitrogen and oxygen atoms in total. The number of hydrogen-bond donors (Lipinski definition) is 2. The first kappa shape index (κ1) is 20.4. The number of carbonyl (C=O) groups excluding carboxylic acids is 3. The van der Waals surface area contributed by atoms with E-state index in [1.54, 1.807) is 31.2 Å². The lowest BCUT2D eigenvalue weighted by Gasteiger charge is -2.32. The molecule has 1 aliphatic rings. The summed E-state index contributed by atoms with van der Waals surface area (Å²) in [6, 6.07) is 11.0. The Labute approximate surface area is 170 Å². The summed E-state index contributed by atoms with van der Waals surface area (Å²) in [4.78, 5) is 38.5. The molecule has 0 fully saturated rings. The number of rotatable bonds is 5. The number of ether oxygens (including phenoxy) is 1. The summed E-state index contributed by atoms with van der Waals surface area (Å²) in [6.07, 6.45) is -0.673. The van der Waals surface area contributed by atoms with E-state index in [-0.39, 0.29) is 24.9 Å². The lowest BCUT2D eigenvalue weighted by atomic mass is 10.1. The predicted molar refractivity (Wildman–Crippen MR) is 111 cm³/mol. The normalized spacial score (nSPS) is 15.4. The fourth-order valence-electron chi connectivity index (χ4n) is 3.46. The second-order valence-electron chi connectivity index (χ2n) is 7.25. The van der Waals surface area contributed by atoms with Gasteiger partial charge in [0.2, 0.25) is 11.8 Å². The first-order chi connectivity index (χ1) is 13.8. The van der Waals surface area contributed by atoms with Gasteiger partial charge < -0.3 is 15.4 Å². The Morgan fingerprint density at radius 2 is 1.72 bits per heavy atom. The summed E-state index contributed by atoms with van der Waals surface area (Å²) >= 11 is 0. The van der Waals surface area contributed by atoms with Crippen molar-refractivity contribution in [3.63, 3.8) is 0 Å². The minimum atomic E-state index is -0.673. The molecule has 0 radical (unpaired) electrons. The Balaban J connectivity index is 1.60. The molecule has 1 atom stereocenters. The zero-order valence-electron chi connectivity index (χ0n) is 17.0. The summed E-state index contributed by atoms with van der Waals surface area (Å²) in [6.45, 7) is 7.13. The third-order valence-electron chi connectivity index (χ3n) is 4.76. The molecule has 152 valence electrons. The second-order valence-corrected chi connectivity index (χ2v) is 7.25. The van der Waals surface area contributed by atoms with Gasteiger partial charge in [-0.05, 0) is 51.0 Å². The third kappa shape index (κ3) is 4.56. The van der Waals surface area contributed by atoms with Crippen LogP contribution >= 0.6 is 0 Å². The van der Waals surface area contributed by atoms with E-state index >= 15 is 0 Å². The molecule has 3 amide bonds. The van der Waals surface area contributed by atoms with Crippen molar-refractivity contribution in [3.8, 4) is 5.75 Å². The molecule has 1 aliphatic heterocycles. The molecule has 2 aromatic rings.